The molecular formula is C29H32BrCl2N3O4S. The van der Waals surface area contributed by atoms with Crippen molar-refractivity contribution in [3.63, 3.8) is 0 Å². The maximum Gasteiger partial charge on any atom is 0.264 e. The van der Waals surface area contributed by atoms with Gasteiger partial charge in [-0.25, -0.2) is 8.42 Å². The Hall–Kier alpha value is -2.59. The summed E-state index contributed by atoms with van der Waals surface area (Å²) in [6, 6.07) is 18.7. The van der Waals surface area contributed by atoms with Crippen molar-refractivity contribution in [1.29, 1.82) is 0 Å². The SMILES string of the molecule is CCCCNC(=O)[C@H](CC)N(Cc1c(Cl)cccc1Cl)C(=O)CN(c1ccc(Br)cc1)S(=O)(=O)c1ccccc1. The zero-order valence-corrected chi connectivity index (χ0v) is 26.2. The number of sulfonamides is 1. The fourth-order valence-electron chi connectivity index (χ4n) is 4.14. The zero-order chi connectivity index (χ0) is 29.3. The van der Waals surface area contributed by atoms with Crippen molar-refractivity contribution in [2.24, 2.45) is 0 Å². The summed E-state index contributed by atoms with van der Waals surface area (Å²) in [6.07, 6.45) is 1.99. The fourth-order valence-corrected chi connectivity index (χ4v) is 6.35. The van der Waals surface area contributed by atoms with E-state index in [0.717, 1.165) is 21.6 Å². The summed E-state index contributed by atoms with van der Waals surface area (Å²) in [5.41, 5.74) is 0.775. The van der Waals surface area contributed by atoms with Crippen LogP contribution in [-0.4, -0.2) is 44.3 Å². The Morgan fingerprint density at radius 1 is 0.925 bits per heavy atom. The molecule has 0 bridgehead atoms. The van der Waals surface area contributed by atoms with Crippen LogP contribution in [0.4, 0.5) is 5.69 Å². The molecule has 1 atom stereocenters. The molecule has 0 heterocycles. The topological polar surface area (TPSA) is 86.8 Å². The molecule has 0 fully saturated rings. The highest BCUT2D eigenvalue weighted by Crippen LogP contribution is 2.29. The van der Waals surface area contributed by atoms with E-state index in [1.165, 1.54) is 17.0 Å². The van der Waals surface area contributed by atoms with Gasteiger partial charge in [-0.15, -0.1) is 0 Å². The van der Waals surface area contributed by atoms with Crippen LogP contribution in [0.2, 0.25) is 10.0 Å². The average Bonchev–Trinajstić information content (AvgIpc) is 2.94. The Morgan fingerprint density at radius 3 is 2.12 bits per heavy atom. The first-order chi connectivity index (χ1) is 19.1. The van der Waals surface area contributed by atoms with Gasteiger partial charge >= 0.3 is 0 Å². The first kappa shape index (κ1) is 31.9. The number of hydrogen-bond donors (Lipinski definition) is 1. The Kier molecular flexibility index (Phi) is 11.9. The molecule has 40 heavy (non-hydrogen) atoms. The molecule has 3 aromatic rings. The minimum Gasteiger partial charge on any atom is -0.354 e. The maximum absolute atomic E-state index is 14.1. The van der Waals surface area contributed by atoms with E-state index in [-0.39, 0.29) is 17.3 Å². The second-order valence-electron chi connectivity index (χ2n) is 9.09. The summed E-state index contributed by atoms with van der Waals surface area (Å²) in [4.78, 5) is 28.7. The van der Waals surface area contributed by atoms with Gasteiger partial charge in [0.05, 0.1) is 10.6 Å². The summed E-state index contributed by atoms with van der Waals surface area (Å²) in [7, 11) is -4.14. The molecule has 11 heteroatoms. The Balaban J connectivity index is 2.06. The van der Waals surface area contributed by atoms with Crippen molar-refractivity contribution in [2.75, 3.05) is 17.4 Å². The van der Waals surface area contributed by atoms with Gasteiger partial charge in [0.2, 0.25) is 11.8 Å². The number of benzene rings is 3. The van der Waals surface area contributed by atoms with E-state index in [1.54, 1.807) is 67.6 Å². The molecule has 0 spiro atoms. The number of carbonyl (C=O) groups excluding carboxylic acids is 2. The monoisotopic (exact) mass is 667 g/mol. The fraction of sp³-hybridized carbons (Fsp3) is 0.310. The second kappa shape index (κ2) is 14.9. The molecule has 2 amide bonds. The van der Waals surface area contributed by atoms with Crippen molar-refractivity contribution in [3.05, 3.63) is 92.9 Å². The molecular weight excluding hydrogens is 637 g/mol. The molecule has 0 radical (unpaired) electrons. The van der Waals surface area contributed by atoms with Crippen molar-refractivity contribution >= 4 is 66.7 Å². The minimum absolute atomic E-state index is 0.0377. The maximum atomic E-state index is 14.1. The summed E-state index contributed by atoms with van der Waals surface area (Å²) >= 11 is 16.3. The molecule has 0 aliphatic heterocycles. The van der Waals surface area contributed by atoms with Gasteiger partial charge in [-0.2, -0.15) is 0 Å². The quantitative estimate of drug-likeness (QED) is 0.206. The molecule has 0 saturated carbocycles. The van der Waals surface area contributed by atoms with Crippen LogP contribution >= 0.6 is 39.1 Å². The van der Waals surface area contributed by atoms with E-state index in [2.05, 4.69) is 21.2 Å². The second-order valence-corrected chi connectivity index (χ2v) is 12.7. The highest BCUT2D eigenvalue weighted by molar-refractivity contribution is 9.10. The first-order valence-electron chi connectivity index (χ1n) is 12.9. The number of nitrogens with zero attached hydrogens (tertiary/aromatic N) is 2. The van der Waals surface area contributed by atoms with E-state index in [0.29, 0.717) is 34.3 Å². The molecule has 3 rings (SSSR count). The van der Waals surface area contributed by atoms with E-state index < -0.39 is 28.5 Å². The van der Waals surface area contributed by atoms with E-state index in [4.69, 9.17) is 23.2 Å². The summed E-state index contributed by atoms with van der Waals surface area (Å²) in [6.45, 7) is 3.67. The van der Waals surface area contributed by atoms with Crippen LogP contribution < -0.4 is 9.62 Å². The zero-order valence-electron chi connectivity index (χ0n) is 22.3. The lowest BCUT2D eigenvalue weighted by Crippen LogP contribution is -2.52. The predicted molar refractivity (Wildman–Crippen MR) is 164 cm³/mol. The van der Waals surface area contributed by atoms with Gasteiger partial charge in [-0.1, -0.05) is 83.7 Å². The number of nitrogens with one attached hydrogen (secondary N) is 1. The lowest BCUT2D eigenvalue weighted by atomic mass is 10.1. The number of anilines is 1. The number of hydrogen-bond acceptors (Lipinski definition) is 4. The first-order valence-corrected chi connectivity index (χ1v) is 15.9. The molecule has 1 N–H and O–H groups in total. The van der Waals surface area contributed by atoms with Gasteiger partial charge in [0.25, 0.3) is 10.0 Å². The number of rotatable bonds is 13. The van der Waals surface area contributed by atoms with Crippen LogP contribution in [0, 0.1) is 0 Å². The van der Waals surface area contributed by atoms with Gasteiger partial charge in [-0.3, -0.25) is 13.9 Å². The van der Waals surface area contributed by atoms with Crippen molar-refractivity contribution in [2.45, 2.75) is 50.6 Å². The van der Waals surface area contributed by atoms with Gasteiger partial charge in [0, 0.05) is 33.2 Å². The standard InChI is InChI=1S/C29H32BrCl2N3O4S/c1-3-5-18-33-29(37)27(4-2)34(19-24-25(31)12-9-13-26(24)32)28(36)20-35(22-16-14-21(30)15-17-22)40(38,39)23-10-7-6-8-11-23/h6-17,27H,3-5,18-20H2,1-2H3,(H,33,37)/t27-/m0/s1. The van der Waals surface area contributed by atoms with Gasteiger partial charge in [-0.05, 0) is 61.4 Å². The van der Waals surface area contributed by atoms with Crippen LogP contribution in [0.15, 0.2) is 82.2 Å². The van der Waals surface area contributed by atoms with Crippen molar-refractivity contribution in [1.82, 2.24) is 10.2 Å². The van der Waals surface area contributed by atoms with Crippen LogP contribution in [0.5, 0.6) is 0 Å². The minimum atomic E-state index is -4.14. The van der Waals surface area contributed by atoms with Crippen LogP contribution in [-0.2, 0) is 26.2 Å². The Morgan fingerprint density at radius 2 is 1.55 bits per heavy atom. The third-order valence-corrected chi connectivity index (χ3v) is 9.36. The van der Waals surface area contributed by atoms with Crippen LogP contribution in [0.1, 0.15) is 38.7 Å². The highest BCUT2D eigenvalue weighted by atomic mass is 79.9. The number of unbranched alkanes of at least 4 members (excludes halogenated alkanes) is 1. The Bertz CT molecular complexity index is 1390. The van der Waals surface area contributed by atoms with Crippen LogP contribution in [0.25, 0.3) is 0 Å². The lowest BCUT2D eigenvalue weighted by Gasteiger charge is -2.33. The molecule has 0 aliphatic rings. The number of halogens is 3. The number of carbonyl (C=O) groups is 2. The third kappa shape index (κ3) is 8.00. The normalized spacial score (nSPS) is 12.0. The lowest BCUT2D eigenvalue weighted by molar-refractivity contribution is -0.140. The molecule has 3 aromatic carbocycles. The number of amides is 2. The van der Waals surface area contributed by atoms with Gasteiger partial charge in [0.1, 0.15) is 12.6 Å². The highest BCUT2D eigenvalue weighted by Gasteiger charge is 2.34. The molecule has 0 saturated heterocycles. The molecule has 0 aromatic heterocycles. The third-order valence-electron chi connectivity index (χ3n) is 6.33. The van der Waals surface area contributed by atoms with E-state index >= 15 is 0 Å². The van der Waals surface area contributed by atoms with Gasteiger partial charge in [0.15, 0.2) is 0 Å². The van der Waals surface area contributed by atoms with Crippen molar-refractivity contribution < 1.29 is 18.0 Å². The smallest absolute Gasteiger partial charge is 0.264 e. The summed E-state index contributed by atoms with van der Waals surface area (Å²) in [5.74, 6) is -0.899. The van der Waals surface area contributed by atoms with E-state index in [9.17, 15) is 18.0 Å². The summed E-state index contributed by atoms with van der Waals surface area (Å²) < 4.78 is 29.4. The van der Waals surface area contributed by atoms with Crippen LogP contribution in [0.3, 0.4) is 0 Å². The molecule has 0 unspecified atom stereocenters. The van der Waals surface area contributed by atoms with E-state index in [1.807, 2.05) is 6.92 Å². The Labute approximate surface area is 254 Å². The predicted octanol–water partition coefficient (Wildman–Crippen LogP) is 6.67. The average molecular weight is 669 g/mol. The molecule has 0 aliphatic carbocycles. The van der Waals surface area contributed by atoms with Crippen molar-refractivity contribution in [3.8, 4) is 0 Å². The molecule has 214 valence electrons. The summed E-state index contributed by atoms with van der Waals surface area (Å²) in [5, 5.41) is 3.58. The molecule has 7 nitrogen and oxygen atoms in total. The largest absolute Gasteiger partial charge is 0.354 e. The van der Waals surface area contributed by atoms with Gasteiger partial charge < -0.3 is 10.2 Å².